The van der Waals surface area contributed by atoms with Crippen LogP contribution in [-0.4, -0.2) is 72.8 Å². The van der Waals surface area contributed by atoms with Gasteiger partial charge in [0.25, 0.3) is 5.91 Å². The molecule has 0 fully saturated rings. The molecule has 4 aromatic carbocycles. The largest absolute Gasteiger partial charge is 0.497 e. The zero-order valence-electron chi connectivity index (χ0n) is 27.2. The van der Waals surface area contributed by atoms with Crippen LogP contribution in [0.25, 0.3) is 0 Å². The van der Waals surface area contributed by atoms with Crippen molar-refractivity contribution in [3.63, 3.8) is 0 Å². The van der Waals surface area contributed by atoms with Gasteiger partial charge in [0.15, 0.2) is 0 Å². The second kappa shape index (κ2) is 15.5. The number of aliphatic hydroxyl groups excluding tert-OH is 1. The molecule has 1 aliphatic rings. The van der Waals surface area contributed by atoms with Gasteiger partial charge in [-0.3, -0.25) is 9.69 Å². The number of hydrogen-bond acceptors (Lipinski definition) is 7. The number of para-hydroxylation sites is 1. The number of likely N-dealkylation sites (N-methyl/N-ethyl adjacent to an activating group) is 1. The fourth-order valence-corrected chi connectivity index (χ4v) is 5.46. The summed E-state index contributed by atoms with van der Waals surface area (Å²) in [5, 5.41) is 15.6. The van der Waals surface area contributed by atoms with Crippen LogP contribution in [0.3, 0.4) is 0 Å². The summed E-state index contributed by atoms with van der Waals surface area (Å²) in [6, 6.07) is 28.9. The van der Waals surface area contributed by atoms with Gasteiger partial charge >= 0.3 is 6.03 Å². The zero-order chi connectivity index (χ0) is 33.3. The number of nitrogens with one attached hydrogen (secondary N) is 2. The molecule has 0 bridgehead atoms. The molecule has 3 amide bonds. The monoisotopic (exact) mass is 638 g/mol. The van der Waals surface area contributed by atoms with Crippen LogP contribution in [0, 0.1) is 5.92 Å². The molecule has 3 atom stereocenters. The Bertz CT molecular complexity index is 1630. The molecular weight excluding hydrogens is 596 g/mol. The summed E-state index contributed by atoms with van der Waals surface area (Å²) >= 11 is 0. The van der Waals surface area contributed by atoms with E-state index < -0.39 is 12.1 Å². The first-order valence-corrected chi connectivity index (χ1v) is 15.7. The topological polar surface area (TPSA) is 113 Å². The molecule has 0 aromatic heterocycles. The number of amides is 3. The van der Waals surface area contributed by atoms with Gasteiger partial charge in [0.2, 0.25) is 0 Å². The number of anilines is 2. The van der Waals surface area contributed by atoms with Crippen LogP contribution in [0.15, 0.2) is 97.1 Å². The van der Waals surface area contributed by atoms with E-state index in [1.807, 2.05) is 56.4 Å². The first-order valence-electron chi connectivity index (χ1n) is 15.7. The highest BCUT2D eigenvalue weighted by Gasteiger charge is 2.33. The molecule has 0 radical (unpaired) electrons. The summed E-state index contributed by atoms with van der Waals surface area (Å²) in [5.41, 5.74) is 2.47. The van der Waals surface area contributed by atoms with E-state index in [0.717, 1.165) is 17.1 Å². The minimum atomic E-state index is -0.456. The van der Waals surface area contributed by atoms with E-state index in [1.54, 1.807) is 54.5 Å². The lowest BCUT2D eigenvalue weighted by Crippen LogP contribution is -2.49. The highest BCUT2D eigenvalue weighted by Crippen LogP contribution is 2.31. The molecule has 0 saturated heterocycles. The average Bonchev–Trinajstić information content (AvgIpc) is 3.08. The van der Waals surface area contributed by atoms with Gasteiger partial charge in [-0.1, -0.05) is 37.3 Å². The van der Waals surface area contributed by atoms with Gasteiger partial charge in [-0.05, 0) is 86.3 Å². The van der Waals surface area contributed by atoms with Crippen LogP contribution in [0.1, 0.15) is 29.8 Å². The number of hydrogen-bond donors (Lipinski definition) is 3. The van der Waals surface area contributed by atoms with Gasteiger partial charge in [-0.15, -0.1) is 0 Å². The van der Waals surface area contributed by atoms with Crippen molar-refractivity contribution >= 4 is 23.3 Å². The Labute approximate surface area is 275 Å². The molecule has 10 heteroatoms. The Morgan fingerprint density at radius 3 is 2.28 bits per heavy atom. The third kappa shape index (κ3) is 8.81. The van der Waals surface area contributed by atoms with E-state index in [-0.39, 0.29) is 24.5 Å². The lowest BCUT2D eigenvalue weighted by Gasteiger charge is -2.38. The number of carbonyl (C=O) groups excluding carboxylic acids is 2. The number of aliphatic hydroxyl groups is 1. The van der Waals surface area contributed by atoms with Crippen molar-refractivity contribution in [1.29, 1.82) is 0 Å². The highest BCUT2D eigenvalue weighted by atomic mass is 16.5. The van der Waals surface area contributed by atoms with Crippen molar-refractivity contribution in [1.82, 2.24) is 9.80 Å². The van der Waals surface area contributed by atoms with Crippen LogP contribution in [0.5, 0.6) is 23.0 Å². The molecule has 4 aromatic rings. The van der Waals surface area contributed by atoms with Crippen LogP contribution < -0.4 is 24.8 Å². The number of urea groups is 1. The van der Waals surface area contributed by atoms with Crippen molar-refractivity contribution in [2.24, 2.45) is 5.92 Å². The molecule has 1 aliphatic heterocycles. The summed E-state index contributed by atoms with van der Waals surface area (Å²) < 4.78 is 17.6. The third-order valence-electron chi connectivity index (χ3n) is 8.12. The quantitative estimate of drug-likeness (QED) is 0.172. The molecule has 3 N–H and O–H groups in total. The van der Waals surface area contributed by atoms with Crippen LogP contribution >= 0.6 is 0 Å². The molecule has 0 unspecified atom stereocenters. The first-order chi connectivity index (χ1) is 22.7. The molecule has 10 nitrogen and oxygen atoms in total. The standard InChI is InChI=1S/C37H42N4O6/c1-25-21-41(26(2)24-42)36(43)33-20-29(39-37(44)38-28-12-17-30(45-4)18-13-28)14-19-34(33)47-35(25)23-40(3)22-27-10-15-32(16-11-27)46-31-8-6-5-7-9-31/h5-20,25-26,35,42H,21-24H2,1-4H3,(H2,38,39,44)/t25-,26-,35-/m0/s1. The summed E-state index contributed by atoms with van der Waals surface area (Å²) in [6.45, 7) is 5.40. The predicted molar refractivity (Wildman–Crippen MR) is 183 cm³/mol. The zero-order valence-corrected chi connectivity index (χ0v) is 27.2. The number of nitrogens with zero attached hydrogens (tertiary/aromatic N) is 2. The van der Waals surface area contributed by atoms with E-state index in [1.165, 1.54) is 0 Å². The first kappa shape index (κ1) is 33.3. The maximum atomic E-state index is 13.8. The SMILES string of the molecule is COc1ccc(NC(=O)Nc2ccc3c(c2)C(=O)N([C@@H](C)CO)C[C@H](C)[C@H](CN(C)Cc2ccc(Oc4ccccc4)cc2)O3)cc1. The van der Waals surface area contributed by atoms with Gasteiger partial charge in [-0.2, -0.15) is 0 Å². The predicted octanol–water partition coefficient (Wildman–Crippen LogP) is 6.48. The lowest BCUT2D eigenvalue weighted by atomic mass is 9.99. The number of benzene rings is 4. The Hall–Kier alpha value is -5.06. The minimum absolute atomic E-state index is 0.0294. The molecule has 5 rings (SSSR count). The van der Waals surface area contributed by atoms with Crippen molar-refractivity contribution in [3.8, 4) is 23.0 Å². The van der Waals surface area contributed by atoms with Crippen molar-refractivity contribution < 1.29 is 28.9 Å². The molecule has 47 heavy (non-hydrogen) atoms. The average molecular weight is 639 g/mol. The smallest absolute Gasteiger partial charge is 0.323 e. The molecule has 1 heterocycles. The number of fused-ring (bicyclic) bond motifs is 1. The third-order valence-corrected chi connectivity index (χ3v) is 8.12. The Morgan fingerprint density at radius 1 is 0.957 bits per heavy atom. The van der Waals surface area contributed by atoms with Gasteiger partial charge in [0, 0.05) is 36.9 Å². The molecule has 0 aliphatic carbocycles. The lowest BCUT2D eigenvalue weighted by molar-refractivity contribution is 0.0341. The van der Waals surface area contributed by atoms with E-state index in [9.17, 15) is 14.7 Å². The maximum absolute atomic E-state index is 13.8. The Balaban J connectivity index is 1.29. The van der Waals surface area contributed by atoms with E-state index in [2.05, 4.69) is 34.6 Å². The Morgan fingerprint density at radius 2 is 1.60 bits per heavy atom. The molecule has 0 spiro atoms. The maximum Gasteiger partial charge on any atom is 0.323 e. The van der Waals surface area contributed by atoms with Gasteiger partial charge in [-0.25, -0.2) is 4.79 Å². The van der Waals surface area contributed by atoms with E-state index in [0.29, 0.717) is 48.1 Å². The summed E-state index contributed by atoms with van der Waals surface area (Å²) in [4.78, 5) is 30.5. The fourth-order valence-electron chi connectivity index (χ4n) is 5.46. The minimum Gasteiger partial charge on any atom is -0.497 e. The summed E-state index contributed by atoms with van der Waals surface area (Å²) in [7, 11) is 3.62. The fraction of sp³-hybridized carbons (Fsp3) is 0.297. The van der Waals surface area contributed by atoms with Gasteiger partial charge < -0.3 is 34.9 Å². The van der Waals surface area contributed by atoms with Gasteiger partial charge in [0.05, 0.1) is 25.3 Å². The molecule has 246 valence electrons. The van der Waals surface area contributed by atoms with Gasteiger partial charge in [0.1, 0.15) is 29.1 Å². The van der Waals surface area contributed by atoms with Crippen LogP contribution in [0.2, 0.25) is 0 Å². The van der Waals surface area contributed by atoms with Crippen molar-refractivity contribution in [3.05, 3.63) is 108 Å². The second-order valence-corrected chi connectivity index (χ2v) is 11.9. The molecular formula is C37H42N4O6. The van der Waals surface area contributed by atoms with Crippen LogP contribution in [0.4, 0.5) is 16.2 Å². The Kier molecular flexibility index (Phi) is 11.0. The highest BCUT2D eigenvalue weighted by molar-refractivity contribution is 6.02. The number of rotatable bonds is 11. The summed E-state index contributed by atoms with van der Waals surface area (Å²) in [6.07, 6.45) is -0.252. The van der Waals surface area contributed by atoms with E-state index in [4.69, 9.17) is 14.2 Å². The second-order valence-electron chi connectivity index (χ2n) is 11.9. The van der Waals surface area contributed by atoms with Crippen molar-refractivity contribution in [2.45, 2.75) is 32.5 Å². The van der Waals surface area contributed by atoms with E-state index >= 15 is 0 Å². The number of carbonyl (C=O) groups is 2. The molecule has 0 saturated carbocycles. The normalized spacial score (nSPS) is 16.7. The number of ether oxygens (including phenoxy) is 3. The van der Waals surface area contributed by atoms with Crippen molar-refractivity contribution in [2.75, 3.05) is 44.5 Å². The number of methoxy groups -OCH3 is 1. The van der Waals surface area contributed by atoms with Crippen LogP contribution in [-0.2, 0) is 6.54 Å². The summed E-state index contributed by atoms with van der Waals surface area (Å²) in [5.74, 6) is 2.37.